The maximum Gasteiger partial charge on any atom is 0.149 e. The number of hydrogen-bond donors (Lipinski definition) is 3. The van der Waals surface area contributed by atoms with E-state index in [-0.39, 0.29) is 12.6 Å². The van der Waals surface area contributed by atoms with Crippen LogP contribution in [0.2, 0.25) is 0 Å². The second-order valence-corrected chi connectivity index (χ2v) is 6.04. The molecule has 0 spiro atoms. The van der Waals surface area contributed by atoms with Crippen molar-refractivity contribution in [2.24, 2.45) is 7.05 Å². The quantitative estimate of drug-likeness (QED) is 0.721. The third-order valence-electron chi connectivity index (χ3n) is 4.49. The van der Waals surface area contributed by atoms with Crippen LogP contribution in [0.4, 0.5) is 0 Å². The zero-order valence-corrected chi connectivity index (χ0v) is 19.0. The molecule has 2 atom stereocenters. The van der Waals surface area contributed by atoms with Crippen molar-refractivity contribution in [3.63, 3.8) is 0 Å². The van der Waals surface area contributed by atoms with Gasteiger partial charge in [0.05, 0.1) is 25.4 Å². The van der Waals surface area contributed by atoms with Crippen molar-refractivity contribution in [2.75, 3.05) is 20.7 Å². The largest absolute Gasteiger partial charge is 0.394 e. The third-order valence-corrected chi connectivity index (χ3v) is 4.49. The summed E-state index contributed by atoms with van der Waals surface area (Å²) >= 11 is 0. The standard InChI is InChI=1S/C10H17N3O.C6H12N4.2C2H6/c1-11-9-3-2-4-10-8(9)7-12-13(10)5-6-14;1-5(7-2)6-9-8-4-10(6)3;2*1-2/h7,9,11,14H,2-6H2,1H3;4-5,7H,1-3H3;2*1-2H3. The summed E-state index contributed by atoms with van der Waals surface area (Å²) in [6.07, 6.45) is 7.12. The van der Waals surface area contributed by atoms with Crippen LogP contribution in [0.1, 0.15) is 76.6 Å². The molecule has 8 nitrogen and oxygen atoms in total. The monoisotopic (exact) mass is 395 g/mol. The first-order chi connectivity index (χ1) is 13.6. The van der Waals surface area contributed by atoms with Crippen LogP contribution in [-0.4, -0.2) is 50.4 Å². The lowest BCUT2D eigenvalue weighted by molar-refractivity contribution is 0.266. The Balaban J connectivity index is 0.000000460. The lowest BCUT2D eigenvalue weighted by Crippen LogP contribution is -2.22. The van der Waals surface area contributed by atoms with Crippen molar-refractivity contribution in [3.05, 3.63) is 29.6 Å². The molecule has 2 aromatic rings. The fourth-order valence-electron chi connectivity index (χ4n) is 3.02. The normalized spacial score (nSPS) is 15.7. The summed E-state index contributed by atoms with van der Waals surface area (Å²) in [4.78, 5) is 0. The van der Waals surface area contributed by atoms with Gasteiger partial charge in [0.2, 0.25) is 0 Å². The molecule has 0 bridgehead atoms. The number of aromatic nitrogens is 5. The Labute approximate surface area is 170 Å². The van der Waals surface area contributed by atoms with Gasteiger partial charge in [-0.25, -0.2) is 0 Å². The lowest BCUT2D eigenvalue weighted by Gasteiger charge is -2.22. The van der Waals surface area contributed by atoms with Crippen molar-refractivity contribution < 1.29 is 5.11 Å². The van der Waals surface area contributed by atoms with Gasteiger partial charge in [0.15, 0.2) is 0 Å². The Morgan fingerprint density at radius 2 is 1.93 bits per heavy atom. The first kappa shape index (κ1) is 26.2. The Kier molecular flexibility index (Phi) is 14.2. The van der Waals surface area contributed by atoms with Gasteiger partial charge in [-0.2, -0.15) is 5.10 Å². The molecule has 0 saturated carbocycles. The number of fused-ring (bicyclic) bond motifs is 1. The van der Waals surface area contributed by atoms with Gasteiger partial charge in [-0.05, 0) is 40.3 Å². The van der Waals surface area contributed by atoms with Gasteiger partial charge >= 0.3 is 0 Å². The van der Waals surface area contributed by atoms with Gasteiger partial charge in [0.25, 0.3) is 0 Å². The first-order valence-corrected chi connectivity index (χ1v) is 10.5. The van der Waals surface area contributed by atoms with Crippen LogP contribution < -0.4 is 10.6 Å². The van der Waals surface area contributed by atoms with Crippen molar-refractivity contribution in [1.29, 1.82) is 0 Å². The summed E-state index contributed by atoms with van der Waals surface area (Å²) in [5.74, 6) is 0.961. The van der Waals surface area contributed by atoms with E-state index in [1.807, 2.05) is 71.2 Å². The molecule has 2 heterocycles. The van der Waals surface area contributed by atoms with Crippen LogP contribution in [0.25, 0.3) is 0 Å². The topological polar surface area (TPSA) is 92.8 Å². The fourth-order valence-corrected chi connectivity index (χ4v) is 3.02. The van der Waals surface area contributed by atoms with E-state index in [0.29, 0.717) is 12.6 Å². The van der Waals surface area contributed by atoms with Crippen LogP contribution in [0, 0.1) is 0 Å². The molecule has 0 radical (unpaired) electrons. The van der Waals surface area contributed by atoms with Gasteiger partial charge in [0.1, 0.15) is 12.2 Å². The highest BCUT2D eigenvalue weighted by molar-refractivity contribution is 5.24. The average Bonchev–Trinajstić information content (AvgIpc) is 3.37. The fraction of sp³-hybridized carbons (Fsp3) is 0.750. The smallest absolute Gasteiger partial charge is 0.149 e. The Bertz CT molecular complexity index is 624. The van der Waals surface area contributed by atoms with Gasteiger partial charge in [-0.3, -0.25) is 4.68 Å². The molecule has 1 aliphatic carbocycles. The van der Waals surface area contributed by atoms with Gasteiger partial charge in [0, 0.05) is 24.3 Å². The minimum Gasteiger partial charge on any atom is -0.394 e. The average molecular weight is 396 g/mol. The summed E-state index contributed by atoms with van der Waals surface area (Å²) in [6, 6.07) is 0.721. The maximum atomic E-state index is 8.89. The maximum absolute atomic E-state index is 8.89. The molecule has 0 saturated heterocycles. The van der Waals surface area contributed by atoms with E-state index in [4.69, 9.17) is 5.11 Å². The molecular weight excluding hydrogens is 354 g/mol. The third kappa shape index (κ3) is 7.33. The highest BCUT2D eigenvalue weighted by Gasteiger charge is 2.22. The molecule has 0 aliphatic heterocycles. The summed E-state index contributed by atoms with van der Waals surface area (Å²) in [6.45, 7) is 10.8. The second kappa shape index (κ2) is 15.2. The molecular formula is C20H41N7O. The van der Waals surface area contributed by atoms with Crippen molar-refractivity contribution in [3.8, 4) is 0 Å². The van der Waals surface area contributed by atoms with Gasteiger partial charge in [-0.1, -0.05) is 27.7 Å². The Morgan fingerprint density at radius 3 is 2.43 bits per heavy atom. The second-order valence-electron chi connectivity index (χ2n) is 6.04. The molecule has 0 aromatic carbocycles. The number of aliphatic hydroxyl groups is 1. The number of aliphatic hydroxyl groups excluding tert-OH is 1. The van der Waals surface area contributed by atoms with Crippen LogP contribution in [0.3, 0.4) is 0 Å². The Morgan fingerprint density at radius 1 is 1.25 bits per heavy atom. The highest BCUT2D eigenvalue weighted by atomic mass is 16.3. The zero-order chi connectivity index (χ0) is 21.5. The molecule has 0 amide bonds. The van der Waals surface area contributed by atoms with Crippen molar-refractivity contribution in [2.45, 2.75) is 72.5 Å². The highest BCUT2D eigenvalue weighted by Crippen LogP contribution is 2.28. The predicted molar refractivity (Wildman–Crippen MR) is 115 cm³/mol. The molecule has 0 fully saturated rings. The Hall–Kier alpha value is -1.77. The molecule has 28 heavy (non-hydrogen) atoms. The molecule has 162 valence electrons. The lowest BCUT2D eigenvalue weighted by atomic mass is 9.93. The van der Waals surface area contributed by atoms with Gasteiger partial charge in [-0.15, -0.1) is 10.2 Å². The molecule has 8 heteroatoms. The van der Waals surface area contributed by atoms with Crippen LogP contribution in [0.5, 0.6) is 0 Å². The van der Waals surface area contributed by atoms with Crippen LogP contribution in [0.15, 0.2) is 12.5 Å². The summed E-state index contributed by atoms with van der Waals surface area (Å²) in [7, 11) is 5.83. The van der Waals surface area contributed by atoms with Gasteiger partial charge < -0.3 is 20.3 Å². The van der Waals surface area contributed by atoms with E-state index in [2.05, 4.69) is 25.9 Å². The number of aryl methyl sites for hydroxylation is 1. The molecule has 3 rings (SSSR count). The zero-order valence-electron chi connectivity index (χ0n) is 19.0. The van der Waals surface area contributed by atoms with E-state index in [0.717, 1.165) is 12.2 Å². The molecule has 3 N–H and O–H groups in total. The van der Waals surface area contributed by atoms with E-state index >= 15 is 0 Å². The first-order valence-electron chi connectivity index (χ1n) is 10.5. The van der Waals surface area contributed by atoms with Crippen LogP contribution >= 0.6 is 0 Å². The number of nitrogens with one attached hydrogen (secondary N) is 2. The SMILES string of the molecule is CC.CC.CNC(C)c1nncn1C.CNC1CCCc2c1cnn2CCO. The molecule has 2 unspecified atom stereocenters. The summed E-state index contributed by atoms with van der Waals surface area (Å²) in [5, 5.41) is 27.3. The molecule has 2 aromatic heterocycles. The number of rotatable bonds is 5. The number of hydrogen-bond acceptors (Lipinski definition) is 6. The summed E-state index contributed by atoms with van der Waals surface area (Å²) in [5.41, 5.74) is 2.61. The minimum atomic E-state index is 0.165. The van der Waals surface area contributed by atoms with Crippen molar-refractivity contribution in [1.82, 2.24) is 35.2 Å². The molecule has 1 aliphatic rings. The summed E-state index contributed by atoms with van der Waals surface area (Å²) < 4.78 is 3.83. The van der Waals surface area contributed by atoms with E-state index in [9.17, 15) is 0 Å². The predicted octanol–water partition coefficient (Wildman–Crippen LogP) is 2.62. The van der Waals surface area contributed by atoms with Crippen LogP contribution in [-0.2, 0) is 20.0 Å². The van der Waals surface area contributed by atoms with E-state index in [1.165, 1.54) is 24.1 Å². The van der Waals surface area contributed by atoms with Crippen molar-refractivity contribution >= 4 is 0 Å². The van der Waals surface area contributed by atoms with E-state index < -0.39 is 0 Å². The van der Waals surface area contributed by atoms with E-state index in [1.54, 1.807) is 6.33 Å². The minimum absolute atomic E-state index is 0.165. The number of nitrogens with zero attached hydrogens (tertiary/aromatic N) is 5.